The van der Waals surface area contributed by atoms with Gasteiger partial charge in [0.25, 0.3) is 0 Å². The molecule has 4 rings (SSSR count). The van der Waals surface area contributed by atoms with E-state index >= 15 is 0 Å². The highest BCUT2D eigenvalue weighted by Crippen LogP contribution is 2.36. The van der Waals surface area contributed by atoms with Gasteiger partial charge >= 0.3 is 0 Å². The number of rotatable bonds is 5. The van der Waals surface area contributed by atoms with Crippen molar-refractivity contribution in [3.05, 3.63) is 0 Å². The van der Waals surface area contributed by atoms with Crippen LogP contribution < -0.4 is 0 Å². The quantitative estimate of drug-likeness (QED) is 0.642. The summed E-state index contributed by atoms with van der Waals surface area (Å²) in [6, 6.07) is 2.83. The Morgan fingerprint density at radius 1 is 0.871 bits per heavy atom. The Kier molecular flexibility index (Phi) is 7.04. The summed E-state index contributed by atoms with van der Waals surface area (Å²) in [5.41, 5.74) is 0.167. The van der Waals surface area contributed by atoms with Gasteiger partial charge in [0.1, 0.15) is 12.3 Å². The molecule has 0 aromatic rings. The van der Waals surface area contributed by atoms with Gasteiger partial charge in [-0.1, -0.05) is 0 Å². The second-order valence-corrected chi connectivity index (χ2v) is 12.1. The molecule has 4 aliphatic heterocycles. The second-order valence-electron chi connectivity index (χ2n) is 12.1. The molecule has 0 bridgehead atoms. The summed E-state index contributed by atoms with van der Waals surface area (Å²) in [4.78, 5) is 10.1. The molecule has 0 saturated carbocycles. The van der Waals surface area contributed by atoms with Crippen LogP contribution in [0.2, 0.25) is 0 Å². The molecular formula is C25H46F2N4. The Morgan fingerprint density at radius 3 is 2.19 bits per heavy atom. The van der Waals surface area contributed by atoms with E-state index in [0.717, 1.165) is 38.9 Å². The molecule has 31 heavy (non-hydrogen) atoms. The zero-order valence-electron chi connectivity index (χ0n) is 20.7. The summed E-state index contributed by atoms with van der Waals surface area (Å²) in [5.74, 6) is 0. The van der Waals surface area contributed by atoms with E-state index in [0.29, 0.717) is 62.2 Å². The van der Waals surface area contributed by atoms with Gasteiger partial charge in [-0.25, -0.2) is 8.78 Å². The standard InChI is InChI=1S/C25H46F2N4/c1-17(29-15-23(10-18(29)2)28-8-7-20(26)13-28)9-22-12-21(27)14-30(22)24-11-19(3)31(16-24)25(4,5)6/h17-24H,7-16H2,1-6H3/t17?,18?,19-,20?,21?,22?,23?,24?/m0/s1. The highest BCUT2D eigenvalue weighted by atomic mass is 19.1. The van der Waals surface area contributed by atoms with Gasteiger partial charge in [-0.15, -0.1) is 0 Å². The highest BCUT2D eigenvalue weighted by molar-refractivity contribution is 5.01. The fourth-order valence-electron chi connectivity index (χ4n) is 7.25. The lowest BCUT2D eigenvalue weighted by molar-refractivity contribution is 0.0996. The van der Waals surface area contributed by atoms with Crippen molar-refractivity contribution in [3.63, 3.8) is 0 Å². The van der Waals surface area contributed by atoms with Crippen LogP contribution in [-0.2, 0) is 0 Å². The van der Waals surface area contributed by atoms with Crippen molar-refractivity contribution in [1.29, 1.82) is 0 Å². The molecule has 4 heterocycles. The first-order chi connectivity index (χ1) is 14.5. The van der Waals surface area contributed by atoms with Crippen molar-refractivity contribution in [3.8, 4) is 0 Å². The zero-order chi connectivity index (χ0) is 22.5. The van der Waals surface area contributed by atoms with Crippen LogP contribution in [0.3, 0.4) is 0 Å². The van der Waals surface area contributed by atoms with E-state index in [9.17, 15) is 8.78 Å². The molecule has 6 heteroatoms. The van der Waals surface area contributed by atoms with E-state index in [1.165, 1.54) is 0 Å². The molecule has 0 aliphatic carbocycles. The van der Waals surface area contributed by atoms with E-state index in [1.54, 1.807) is 0 Å². The normalized spacial score (nSPS) is 42.8. The summed E-state index contributed by atoms with van der Waals surface area (Å²) in [6.07, 6.45) is 3.38. The number of halogens is 2. The third-order valence-corrected chi connectivity index (χ3v) is 8.75. The van der Waals surface area contributed by atoms with Crippen LogP contribution in [0, 0.1) is 0 Å². The molecule has 0 amide bonds. The van der Waals surface area contributed by atoms with Crippen LogP contribution in [0.1, 0.15) is 73.6 Å². The van der Waals surface area contributed by atoms with Crippen molar-refractivity contribution in [2.45, 2.75) is 128 Å². The fourth-order valence-corrected chi connectivity index (χ4v) is 7.25. The van der Waals surface area contributed by atoms with E-state index in [-0.39, 0.29) is 5.54 Å². The summed E-state index contributed by atoms with van der Waals surface area (Å²) in [7, 11) is 0. The predicted octanol–water partition coefficient (Wildman–Crippen LogP) is 3.95. The summed E-state index contributed by atoms with van der Waals surface area (Å²) in [6.45, 7) is 18.1. The van der Waals surface area contributed by atoms with Crippen molar-refractivity contribution in [2.24, 2.45) is 0 Å². The maximum absolute atomic E-state index is 14.6. The summed E-state index contributed by atoms with van der Waals surface area (Å²) in [5, 5.41) is 0. The average Bonchev–Trinajstić information content (AvgIpc) is 3.41. The molecular weight excluding hydrogens is 394 g/mol. The summed E-state index contributed by atoms with van der Waals surface area (Å²) < 4.78 is 28.3. The average molecular weight is 441 g/mol. The Balaban J connectivity index is 1.36. The number of alkyl halides is 2. The number of likely N-dealkylation sites (tertiary alicyclic amines) is 4. The molecule has 0 N–H and O–H groups in total. The fraction of sp³-hybridized carbons (Fsp3) is 1.00. The van der Waals surface area contributed by atoms with Gasteiger partial charge in [-0.2, -0.15) is 0 Å². The van der Waals surface area contributed by atoms with E-state index in [1.807, 2.05) is 0 Å². The van der Waals surface area contributed by atoms with Gasteiger partial charge in [0.05, 0.1) is 0 Å². The SMILES string of the molecule is CC1CC(N2CCC(F)C2)CN1C(C)CC1CC(F)CN1C1C[C@H](C)N(C(C)(C)C)C1. The molecule has 4 fully saturated rings. The minimum Gasteiger partial charge on any atom is -0.296 e. The zero-order valence-corrected chi connectivity index (χ0v) is 20.7. The van der Waals surface area contributed by atoms with Crippen LogP contribution in [0.15, 0.2) is 0 Å². The Hall–Kier alpha value is -0.300. The van der Waals surface area contributed by atoms with Gasteiger partial charge < -0.3 is 0 Å². The van der Waals surface area contributed by atoms with Crippen LogP contribution in [0.25, 0.3) is 0 Å². The second kappa shape index (κ2) is 9.15. The monoisotopic (exact) mass is 440 g/mol. The smallest absolute Gasteiger partial charge is 0.114 e. The van der Waals surface area contributed by atoms with Crippen molar-refractivity contribution < 1.29 is 8.78 Å². The van der Waals surface area contributed by atoms with Crippen LogP contribution in [0.5, 0.6) is 0 Å². The lowest BCUT2D eigenvalue weighted by atomic mass is 10.0. The Bertz CT molecular complexity index is 611. The van der Waals surface area contributed by atoms with E-state index < -0.39 is 12.3 Å². The lowest BCUT2D eigenvalue weighted by Gasteiger charge is -2.37. The molecule has 4 aliphatic rings. The van der Waals surface area contributed by atoms with E-state index in [4.69, 9.17) is 0 Å². The lowest BCUT2D eigenvalue weighted by Crippen LogP contribution is -2.47. The molecule has 180 valence electrons. The first-order valence-corrected chi connectivity index (χ1v) is 12.8. The molecule has 0 aromatic heterocycles. The van der Waals surface area contributed by atoms with Crippen LogP contribution in [0.4, 0.5) is 8.78 Å². The first kappa shape index (κ1) is 23.8. The molecule has 8 atom stereocenters. The molecule has 4 nitrogen and oxygen atoms in total. The van der Waals surface area contributed by atoms with Crippen LogP contribution in [-0.4, -0.2) is 106 Å². The van der Waals surface area contributed by atoms with Gasteiger partial charge in [0.15, 0.2) is 0 Å². The molecule has 4 saturated heterocycles. The molecule has 0 aromatic carbocycles. The molecule has 7 unspecified atom stereocenters. The van der Waals surface area contributed by atoms with E-state index in [2.05, 4.69) is 61.1 Å². The molecule has 0 spiro atoms. The first-order valence-electron chi connectivity index (χ1n) is 12.8. The predicted molar refractivity (Wildman–Crippen MR) is 124 cm³/mol. The minimum absolute atomic E-state index is 0.167. The molecule has 0 radical (unpaired) electrons. The Morgan fingerprint density at radius 2 is 1.58 bits per heavy atom. The highest BCUT2D eigenvalue weighted by Gasteiger charge is 2.45. The van der Waals surface area contributed by atoms with Crippen molar-refractivity contribution in [1.82, 2.24) is 19.6 Å². The number of nitrogens with zero attached hydrogens (tertiary/aromatic N) is 4. The van der Waals surface area contributed by atoms with Crippen LogP contribution >= 0.6 is 0 Å². The van der Waals surface area contributed by atoms with Gasteiger partial charge in [0.2, 0.25) is 0 Å². The topological polar surface area (TPSA) is 13.0 Å². The maximum atomic E-state index is 14.6. The van der Waals surface area contributed by atoms with Crippen molar-refractivity contribution >= 4 is 0 Å². The largest absolute Gasteiger partial charge is 0.296 e. The third-order valence-electron chi connectivity index (χ3n) is 8.75. The number of hydrogen-bond acceptors (Lipinski definition) is 4. The van der Waals surface area contributed by atoms with Gasteiger partial charge in [-0.05, 0) is 73.6 Å². The van der Waals surface area contributed by atoms with Gasteiger partial charge in [0, 0.05) is 74.5 Å². The maximum Gasteiger partial charge on any atom is 0.114 e. The van der Waals surface area contributed by atoms with Gasteiger partial charge in [-0.3, -0.25) is 19.6 Å². The number of hydrogen-bond donors (Lipinski definition) is 0. The Labute approximate surface area is 189 Å². The minimum atomic E-state index is -0.689. The third kappa shape index (κ3) is 5.12. The van der Waals surface area contributed by atoms with Crippen molar-refractivity contribution in [2.75, 3.05) is 32.7 Å². The summed E-state index contributed by atoms with van der Waals surface area (Å²) >= 11 is 0.